The number of hydrogen-bond donors (Lipinski definition) is 0. The van der Waals surface area contributed by atoms with Crippen LogP contribution in [0, 0.1) is 6.92 Å². The molecule has 1 aromatic heterocycles. The van der Waals surface area contributed by atoms with Gasteiger partial charge in [0.15, 0.2) is 0 Å². The Morgan fingerprint density at radius 1 is 1.08 bits per heavy atom. The number of nitrogens with zero attached hydrogens (tertiary/aromatic N) is 2. The molecule has 0 N–H and O–H groups in total. The molecule has 0 aliphatic carbocycles. The third-order valence-electron chi connectivity index (χ3n) is 4.56. The van der Waals surface area contributed by atoms with Gasteiger partial charge in [0.05, 0.1) is 24.5 Å². The van der Waals surface area contributed by atoms with E-state index in [1.165, 1.54) is 0 Å². The minimum atomic E-state index is -4.37. The van der Waals surface area contributed by atoms with E-state index in [4.69, 9.17) is 4.74 Å². The Kier molecular flexibility index (Phi) is 5.11. The first-order chi connectivity index (χ1) is 11.8. The highest BCUT2D eigenvalue weighted by molar-refractivity contribution is 5.61. The van der Waals surface area contributed by atoms with Crippen LogP contribution in [-0.4, -0.2) is 36.2 Å². The SMILES string of the molecule is Cc1cc(C(F)(F)F)cc(-c2ccc([C@H](C)N3CCOCC3)cc2)n1. The van der Waals surface area contributed by atoms with Gasteiger partial charge in [-0.05, 0) is 31.5 Å². The summed E-state index contributed by atoms with van der Waals surface area (Å²) in [6.07, 6.45) is -4.37. The molecular formula is C19H21F3N2O. The normalized spacial score (nSPS) is 17.5. The standard InChI is InChI=1S/C19H21F3N2O/c1-13-11-17(19(20,21)22)12-18(23-13)16-5-3-15(4-6-16)14(2)24-7-9-25-10-8-24/h3-6,11-12,14H,7-10H2,1-2H3/t14-/m0/s1. The molecule has 0 unspecified atom stereocenters. The van der Waals surface area contributed by atoms with Crippen LogP contribution in [0.4, 0.5) is 13.2 Å². The second-order valence-corrected chi connectivity index (χ2v) is 6.33. The fourth-order valence-corrected chi connectivity index (χ4v) is 3.09. The van der Waals surface area contributed by atoms with Crippen molar-refractivity contribution in [2.24, 2.45) is 0 Å². The van der Waals surface area contributed by atoms with Gasteiger partial charge in [-0.2, -0.15) is 13.2 Å². The highest BCUT2D eigenvalue weighted by Gasteiger charge is 2.31. The fourth-order valence-electron chi connectivity index (χ4n) is 3.09. The number of morpholine rings is 1. The van der Waals surface area contributed by atoms with E-state index in [2.05, 4.69) is 16.8 Å². The minimum Gasteiger partial charge on any atom is -0.379 e. The van der Waals surface area contributed by atoms with E-state index >= 15 is 0 Å². The van der Waals surface area contributed by atoms with Gasteiger partial charge in [-0.15, -0.1) is 0 Å². The van der Waals surface area contributed by atoms with Crippen LogP contribution in [0.1, 0.15) is 29.8 Å². The van der Waals surface area contributed by atoms with Gasteiger partial charge in [0, 0.05) is 30.4 Å². The zero-order valence-corrected chi connectivity index (χ0v) is 14.3. The molecule has 25 heavy (non-hydrogen) atoms. The maximum absolute atomic E-state index is 13.0. The average molecular weight is 350 g/mol. The average Bonchev–Trinajstić information content (AvgIpc) is 2.61. The van der Waals surface area contributed by atoms with Crippen molar-refractivity contribution in [3.63, 3.8) is 0 Å². The lowest BCUT2D eigenvalue weighted by atomic mass is 10.0. The molecular weight excluding hydrogens is 329 g/mol. The van der Waals surface area contributed by atoms with Crippen LogP contribution < -0.4 is 0 Å². The fraction of sp³-hybridized carbons (Fsp3) is 0.421. The van der Waals surface area contributed by atoms with Gasteiger partial charge >= 0.3 is 6.18 Å². The Morgan fingerprint density at radius 3 is 2.32 bits per heavy atom. The van der Waals surface area contributed by atoms with Gasteiger partial charge in [0.25, 0.3) is 0 Å². The molecule has 2 heterocycles. The molecule has 3 nitrogen and oxygen atoms in total. The van der Waals surface area contributed by atoms with E-state index in [9.17, 15) is 13.2 Å². The lowest BCUT2D eigenvalue weighted by Gasteiger charge is -2.32. The van der Waals surface area contributed by atoms with E-state index in [1.807, 2.05) is 24.3 Å². The first-order valence-electron chi connectivity index (χ1n) is 8.32. The number of pyridine rings is 1. The Balaban J connectivity index is 1.84. The Labute approximate surface area is 145 Å². The van der Waals surface area contributed by atoms with Crippen molar-refractivity contribution in [1.82, 2.24) is 9.88 Å². The molecule has 1 fully saturated rings. The van der Waals surface area contributed by atoms with Crippen molar-refractivity contribution >= 4 is 0 Å². The maximum atomic E-state index is 13.0. The number of ether oxygens (including phenoxy) is 1. The molecule has 1 aliphatic rings. The molecule has 2 aromatic rings. The van der Waals surface area contributed by atoms with Gasteiger partial charge in [0.1, 0.15) is 0 Å². The zero-order chi connectivity index (χ0) is 18.0. The van der Waals surface area contributed by atoms with Crippen molar-refractivity contribution in [3.8, 4) is 11.3 Å². The van der Waals surface area contributed by atoms with Gasteiger partial charge in [-0.1, -0.05) is 24.3 Å². The molecule has 6 heteroatoms. The van der Waals surface area contributed by atoms with Crippen LogP contribution in [-0.2, 0) is 10.9 Å². The molecule has 1 aliphatic heterocycles. The van der Waals surface area contributed by atoms with Crippen LogP contribution in [0.15, 0.2) is 36.4 Å². The molecule has 3 rings (SSSR count). The van der Waals surface area contributed by atoms with E-state index in [0.717, 1.165) is 44.0 Å². The van der Waals surface area contributed by atoms with Crippen molar-refractivity contribution in [1.29, 1.82) is 0 Å². The van der Waals surface area contributed by atoms with E-state index < -0.39 is 11.7 Å². The number of alkyl halides is 3. The molecule has 1 saturated heterocycles. The van der Waals surface area contributed by atoms with Crippen LogP contribution in [0.5, 0.6) is 0 Å². The topological polar surface area (TPSA) is 25.4 Å². The number of rotatable bonds is 3. The summed E-state index contributed by atoms with van der Waals surface area (Å²) in [7, 11) is 0. The smallest absolute Gasteiger partial charge is 0.379 e. The number of aromatic nitrogens is 1. The zero-order valence-electron chi connectivity index (χ0n) is 14.3. The van der Waals surface area contributed by atoms with E-state index in [1.54, 1.807) is 6.92 Å². The lowest BCUT2D eigenvalue weighted by Crippen LogP contribution is -2.37. The minimum absolute atomic E-state index is 0.245. The van der Waals surface area contributed by atoms with Crippen molar-refractivity contribution < 1.29 is 17.9 Å². The molecule has 1 aromatic carbocycles. The predicted octanol–water partition coefficient (Wildman–Crippen LogP) is 4.47. The van der Waals surface area contributed by atoms with Gasteiger partial charge in [-0.3, -0.25) is 9.88 Å². The summed E-state index contributed by atoms with van der Waals surface area (Å²) < 4.78 is 44.4. The summed E-state index contributed by atoms with van der Waals surface area (Å²) in [5.41, 5.74) is 1.86. The van der Waals surface area contributed by atoms with Crippen LogP contribution >= 0.6 is 0 Å². The third-order valence-corrected chi connectivity index (χ3v) is 4.56. The number of aryl methyl sites for hydroxylation is 1. The Hall–Kier alpha value is -1.92. The molecule has 0 radical (unpaired) electrons. The lowest BCUT2D eigenvalue weighted by molar-refractivity contribution is -0.137. The summed E-state index contributed by atoms with van der Waals surface area (Å²) in [4.78, 5) is 6.59. The first-order valence-corrected chi connectivity index (χ1v) is 8.32. The van der Waals surface area contributed by atoms with E-state index in [0.29, 0.717) is 17.0 Å². The summed E-state index contributed by atoms with van der Waals surface area (Å²) in [6, 6.07) is 10.0. The van der Waals surface area contributed by atoms with Crippen LogP contribution in [0.2, 0.25) is 0 Å². The monoisotopic (exact) mass is 350 g/mol. The van der Waals surface area contributed by atoms with Crippen LogP contribution in [0.25, 0.3) is 11.3 Å². The van der Waals surface area contributed by atoms with E-state index in [-0.39, 0.29) is 6.04 Å². The first kappa shape index (κ1) is 17.9. The van der Waals surface area contributed by atoms with Crippen molar-refractivity contribution in [2.45, 2.75) is 26.1 Å². The molecule has 1 atom stereocenters. The second kappa shape index (κ2) is 7.14. The molecule has 0 bridgehead atoms. The summed E-state index contributed by atoms with van der Waals surface area (Å²) >= 11 is 0. The maximum Gasteiger partial charge on any atom is 0.416 e. The highest BCUT2D eigenvalue weighted by atomic mass is 19.4. The van der Waals surface area contributed by atoms with Crippen molar-refractivity contribution in [2.75, 3.05) is 26.3 Å². The quantitative estimate of drug-likeness (QED) is 0.817. The second-order valence-electron chi connectivity index (χ2n) is 6.33. The Bertz CT molecular complexity index is 722. The van der Waals surface area contributed by atoms with Gasteiger partial charge < -0.3 is 4.74 Å². The molecule has 0 spiro atoms. The summed E-state index contributed by atoms with van der Waals surface area (Å²) in [5, 5.41) is 0. The van der Waals surface area contributed by atoms with Gasteiger partial charge in [0.2, 0.25) is 0 Å². The predicted molar refractivity (Wildman–Crippen MR) is 90.2 cm³/mol. The number of benzene rings is 1. The molecule has 134 valence electrons. The highest BCUT2D eigenvalue weighted by Crippen LogP contribution is 2.32. The van der Waals surface area contributed by atoms with Gasteiger partial charge in [-0.25, -0.2) is 0 Å². The molecule has 0 amide bonds. The molecule has 0 saturated carbocycles. The summed E-state index contributed by atoms with van der Waals surface area (Å²) in [6.45, 7) is 6.95. The number of hydrogen-bond acceptors (Lipinski definition) is 3. The van der Waals surface area contributed by atoms with Crippen molar-refractivity contribution in [3.05, 3.63) is 53.2 Å². The van der Waals surface area contributed by atoms with Crippen LogP contribution in [0.3, 0.4) is 0 Å². The third kappa shape index (κ3) is 4.19. The Morgan fingerprint density at radius 2 is 1.72 bits per heavy atom. The number of halogens is 3. The largest absolute Gasteiger partial charge is 0.416 e. The summed E-state index contributed by atoms with van der Waals surface area (Å²) in [5.74, 6) is 0.